The van der Waals surface area contributed by atoms with Crippen LogP contribution in [0.3, 0.4) is 0 Å². The lowest BCUT2D eigenvalue weighted by atomic mass is 9.94. The molecule has 2 saturated heterocycles. The molecule has 2 aliphatic heterocycles. The van der Waals surface area contributed by atoms with Crippen LogP contribution in [0.15, 0.2) is 18.2 Å². The first-order chi connectivity index (χ1) is 9.15. The van der Waals surface area contributed by atoms with Gasteiger partial charge in [0.2, 0.25) is 0 Å². The van der Waals surface area contributed by atoms with Crippen molar-refractivity contribution >= 4 is 0 Å². The Labute approximate surface area is 112 Å². The van der Waals surface area contributed by atoms with Crippen LogP contribution in [0.25, 0.3) is 0 Å². The molecule has 2 heterocycles. The van der Waals surface area contributed by atoms with Crippen LogP contribution in [-0.2, 0) is 0 Å². The molecule has 3 rings (SSSR count). The fourth-order valence-corrected chi connectivity index (χ4v) is 3.38. The summed E-state index contributed by atoms with van der Waals surface area (Å²) in [6.45, 7) is 5.24. The monoisotopic (exact) mass is 266 g/mol. The molecule has 0 amide bonds. The topological polar surface area (TPSA) is 15.3 Å². The summed E-state index contributed by atoms with van der Waals surface area (Å²) in [5.74, 6) is -0.812. The number of halogens is 2. The van der Waals surface area contributed by atoms with Crippen LogP contribution >= 0.6 is 0 Å². The van der Waals surface area contributed by atoms with Crippen LogP contribution in [0.5, 0.6) is 0 Å². The average Bonchev–Trinajstić information content (AvgIpc) is 2.85. The van der Waals surface area contributed by atoms with Gasteiger partial charge < -0.3 is 5.32 Å². The summed E-state index contributed by atoms with van der Waals surface area (Å²) in [5, 5.41) is 3.56. The third-order valence-corrected chi connectivity index (χ3v) is 4.60. The smallest absolute Gasteiger partial charge is 0.159 e. The number of benzene rings is 1. The molecule has 2 nitrogen and oxygen atoms in total. The molecule has 104 valence electrons. The number of nitrogens with one attached hydrogen (secondary N) is 1. The highest BCUT2D eigenvalue weighted by Crippen LogP contribution is 2.31. The van der Waals surface area contributed by atoms with Crippen molar-refractivity contribution in [2.24, 2.45) is 5.92 Å². The highest BCUT2D eigenvalue weighted by Gasteiger charge is 2.36. The SMILES string of the molecule is CC(c1ccc(F)c(F)c1)N1C[C@@H]2CCCN[C@@H]2C1. The number of fused-ring (bicyclic) bond motifs is 1. The van der Waals surface area contributed by atoms with Gasteiger partial charge in [-0.1, -0.05) is 6.07 Å². The second-order valence-corrected chi connectivity index (χ2v) is 5.77. The van der Waals surface area contributed by atoms with Crippen molar-refractivity contribution in [3.63, 3.8) is 0 Å². The summed E-state index contributed by atoms with van der Waals surface area (Å²) < 4.78 is 26.3. The van der Waals surface area contributed by atoms with Gasteiger partial charge in [-0.25, -0.2) is 8.78 Å². The Morgan fingerprint density at radius 2 is 2.11 bits per heavy atom. The molecule has 3 atom stereocenters. The zero-order valence-electron chi connectivity index (χ0n) is 11.2. The number of hydrogen-bond acceptors (Lipinski definition) is 2. The van der Waals surface area contributed by atoms with Crippen molar-refractivity contribution in [2.45, 2.75) is 31.8 Å². The molecule has 0 spiro atoms. The first-order valence-electron chi connectivity index (χ1n) is 7.07. The minimum absolute atomic E-state index is 0.141. The Bertz CT molecular complexity index is 449. The van der Waals surface area contributed by atoms with Crippen LogP contribution in [0.2, 0.25) is 0 Å². The highest BCUT2D eigenvalue weighted by molar-refractivity contribution is 5.21. The number of likely N-dealkylation sites (tertiary alicyclic amines) is 1. The fraction of sp³-hybridized carbons (Fsp3) is 0.600. The van der Waals surface area contributed by atoms with E-state index in [1.54, 1.807) is 6.07 Å². The molecule has 2 fully saturated rings. The molecular weight excluding hydrogens is 246 g/mol. The Morgan fingerprint density at radius 3 is 2.84 bits per heavy atom. The summed E-state index contributed by atoms with van der Waals surface area (Å²) >= 11 is 0. The van der Waals surface area contributed by atoms with E-state index in [1.165, 1.54) is 25.0 Å². The van der Waals surface area contributed by atoms with Crippen LogP contribution < -0.4 is 5.32 Å². The van der Waals surface area contributed by atoms with Crippen molar-refractivity contribution in [1.82, 2.24) is 10.2 Å². The second-order valence-electron chi connectivity index (χ2n) is 5.77. The van der Waals surface area contributed by atoms with Crippen molar-refractivity contribution in [3.8, 4) is 0 Å². The number of nitrogens with zero attached hydrogens (tertiary/aromatic N) is 1. The zero-order chi connectivity index (χ0) is 13.4. The molecule has 0 aromatic heterocycles. The zero-order valence-corrected chi connectivity index (χ0v) is 11.2. The van der Waals surface area contributed by atoms with Gasteiger partial charge in [0.25, 0.3) is 0 Å². The highest BCUT2D eigenvalue weighted by atomic mass is 19.2. The maximum atomic E-state index is 13.3. The second kappa shape index (κ2) is 5.17. The first-order valence-corrected chi connectivity index (χ1v) is 7.07. The van der Waals surface area contributed by atoms with Crippen molar-refractivity contribution in [3.05, 3.63) is 35.4 Å². The van der Waals surface area contributed by atoms with E-state index in [0.29, 0.717) is 12.0 Å². The Hall–Kier alpha value is -1.00. The number of piperidine rings is 1. The van der Waals surface area contributed by atoms with E-state index in [-0.39, 0.29) is 6.04 Å². The fourth-order valence-electron chi connectivity index (χ4n) is 3.38. The predicted octanol–water partition coefficient (Wildman–Crippen LogP) is 2.71. The molecule has 1 unspecified atom stereocenters. The minimum Gasteiger partial charge on any atom is -0.312 e. The van der Waals surface area contributed by atoms with Gasteiger partial charge in [-0.15, -0.1) is 0 Å². The Kier molecular flexibility index (Phi) is 3.54. The van der Waals surface area contributed by atoms with Crippen molar-refractivity contribution in [2.75, 3.05) is 19.6 Å². The van der Waals surface area contributed by atoms with Gasteiger partial charge in [0.15, 0.2) is 11.6 Å². The molecule has 0 radical (unpaired) electrons. The molecule has 2 aliphatic rings. The normalized spacial score (nSPS) is 29.2. The van der Waals surface area contributed by atoms with Gasteiger partial charge >= 0.3 is 0 Å². The lowest BCUT2D eigenvalue weighted by Gasteiger charge is -2.25. The standard InChI is InChI=1S/C15H20F2N2/c1-10(11-4-5-13(16)14(17)7-11)19-8-12-3-2-6-18-15(12)9-19/h4-5,7,10,12,15,18H,2-3,6,8-9H2,1H3/t10?,12-,15+/m0/s1. The van der Waals surface area contributed by atoms with Gasteiger partial charge in [-0.2, -0.15) is 0 Å². The number of hydrogen-bond donors (Lipinski definition) is 1. The molecule has 1 aromatic rings. The molecular formula is C15H20F2N2. The summed E-state index contributed by atoms with van der Waals surface area (Å²) in [7, 11) is 0. The molecule has 1 aromatic carbocycles. The van der Waals surface area contributed by atoms with E-state index >= 15 is 0 Å². The van der Waals surface area contributed by atoms with Crippen molar-refractivity contribution in [1.29, 1.82) is 0 Å². The Morgan fingerprint density at radius 1 is 1.26 bits per heavy atom. The van der Waals surface area contributed by atoms with Crippen LogP contribution in [-0.4, -0.2) is 30.6 Å². The van der Waals surface area contributed by atoms with Crippen LogP contribution in [0.1, 0.15) is 31.4 Å². The van der Waals surface area contributed by atoms with Gasteiger partial charge in [0.1, 0.15) is 0 Å². The summed E-state index contributed by atoms with van der Waals surface area (Å²) in [4.78, 5) is 2.38. The third-order valence-electron chi connectivity index (χ3n) is 4.60. The van der Waals surface area contributed by atoms with Crippen LogP contribution in [0.4, 0.5) is 8.78 Å². The molecule has 0 bridgehead atoms. The number of rotatable bonds is 2. The van der Waals surface area contributed by atoms with Gasteiger partial charge in [-0.3, -0.25) is 4.90 Å². The van der Waals surface area contributed by atoms with E-state index in [9.17, 15) is 8.78 Å². The molecule has 19 heavy (non-hydrogen) atoms. The van der Waals surface area contributed by atoms with Gasteiger partial charge in [-0.05, 0) is 49.9 Å². The quantitative estimate of drug-likeness (QED) is 0.885. The maximum absolute atomic E-state index is 13.3. The lowest BCUT2D eigenvalue weighted by molar-refractivity contribution is 0.250. The Balaban J connectivity index is 1.73. The van der Waals surface area contributed by atoms with E-state index in [0.717, 1.165) is 25.2 Å². The third kappa shape index (κ3) is 2.51. The molecule has 1 N–H and O–H groups in total. The minimum atomic E-state index is -0.771. The molecule has 0 aliphatic carbocycles. The molecule has 0 saturated carbocycles. The summed E-state index contributed by atoms with van der Waals surface area (Å²) in [5.41, 5.74) is 0.859. The van der Waals surface area contributed by atoms with Gasteiger partial charge in [0, 0.05) is 25.2 Å². The van der Waals surface area contributed by atoms with E-state index in [4.69, 9.17) is 0 Å². The van der Waals surface area contributed by atoms with E-state index < -0.39 is 11.6 Å². The van der Waals surface area contributed by atoms with E-state index in [1.807, 2.05) is 0 Å². The average molecular weight is 266 g/mol. The summed E-state index contributed by atoms with van der Waals surface area (Å²) in [6.07, 6.45) is 2.52. The summed E-state index contributed by atoms with van der Waals surface area (Å²) in [6, 6.07) is 4.96. The first kappa shape index (κ1) is 13.0. The van der Waals surface area contributed by atoms with Crippen LogP contribution in [0, 0.1) is 17.6 Å². The van der Waals surface area contributed by atoms with Gasteiger partial charge in [0.05, 0.1) is 0 Å². The molecule has 4 heteroatoms. The lowest BCUT2D eigenvalue weighted by Crippen LogP contribution is -2.40. The maximum Gasteiger partial charge on any atom is 0.159 e. The van der Waals surface area contributed by atoms with E-state index in [2.05, 4.69) is 17.1 Å². The van der Waals surface area contributed by atoms with Crippen molar-refractivity contribution < 1.29 is 8.78 Å². The largest absolute Gasteiger partial charge is 0.312 e. The predicted molar refractivity (Wildman–Crippen MR) is 70.9 cm³/mol.